The Morgan fingerprint density at radius 2 is 1.79 bits per heavy atom. The fourth-order valence-corrected chi connectivity index (χ4v) is 3.31. The lowest BCUT2D eigenvalue weighted by Crippen LogP contribution is -2.44. The average Bonchev–Trinajstić information content (AvgIpc) is 3.47. The first-order valence-corrected chi connectivity index (χ1v) is 8.87. The third-order valence-corrected chi connectivity index (χ3v) is 5.06. The van der Waals surface area contributed by atoms with Gasteiger partial charge in [-0.25, -0.2) is 19.9 Å². The van der Waals surface area contributed by atoms with Gasteiger partial charge in [0.15, 0.2) is 0 Å². The normalized spacial score (nSPS) is 18.7. The smallest absolute Gasteiger partial charge is 0.225 e. The number of piperidine rings is 1. The maximum Gasteiger partial charge on any atom is 0.225 e. The van der Waals surface area contributed by atoms with E-state index in [4.69, 9.17) is 16.6 Å². The summed E-state index contributed by atoms with van der Waals surface area (Å²) in [7, 11) is 2.06. The summed E-state index contributed by atoms with van der Waals surface area (Å²) < 4.78 is 0. The molecule has 2 fully saturated rings. The van der Waals surface area contributed by atoms with Crippen molar-refractivity contribution in [1.29, 1.82) is 0 Å². The molecule has 0 aromatic carbocycles. The van der Waals surface area contributed by atoms with Crippen LogP contribution in [-0.2, 0) is 0 Å². The van der Waals surface area contributed by atoms with Crippen molar-refractivity contribution in [2.75, 3.05) is 29.9 Å². The molecule has 2 aliphatic rings. The van der Waals surface area contributed by atoms with Crippen molar-refractivity contribution in [3.8, 4) is 0 Å². The van der Waals surface area contributed by atoms with Crippen LogP contribution in [0.2, 0.25) is 5.02 Å². The third-order valence-electron chi connectivity index (χ3n) is 4.86. The molecule has 2 aromatic rings. The molecule has 1 aliphatic carbocycles. The molecule has 126 valence electrons. The fraction of sp³-hybridized carbons (Fsp3) is 0.529. The van der Waals surface area contributed by atoms with Gasteiger partial charge >= 0.3 is 0 Å². The van der Waals surface area contributed by atoms with Crippen molar-refractivity contribution in [3.63, 3.8) is 0 Å². The first-order chi connectivity index (χ1) is 11.7. The molecule has 4 rings (SSSR count). The summed E-state index contributed by atoms with van der Waals surface area (Å²) in [6.07, 6.45) is 9.78. The number of hydrogen-bond donors (Lipinski definition) is 0. The van der Waals surface area contributed by atoms with E-state index < -0.39 is 0 Å². The van der Waals surface area contributed by atoms with E-state index in [1.54, 1.807) is 12.4 Å². The Kier molecular flexibility index (Phi) is 4.22. The molecule has 0 bridgehead atoms. The van der Waals surface area contributed by atoms with Gasteiger partial charge in [0.2, 0.25) is 5.95 Å². The van der Waals surface area contributed by atoms with E-state index in [9.17, 15) is 0 Å². The molecule has 1 saturated carbocycles. The van der Waals surface area contributed by atoms with E-state index in [1.807, 2.05) is 12.3 Å². The Labute approximate surface area is 146 Å². The first kappa shape index (κ1) is 15.6. The Morgan fingerprint density at radius 1 is 1.08 bits per heavy atom. The molecule has 3 heterocycles. The second-order valence-electron chi connectivity index (χ2n) is 6.58. The lowest BCUT2D eigenvalue weighted by atomic mass is 10.0. The van der Waals surface area contributed by atoms with Crippen molar-refractivity contribution >= 4 is 23.4 Å². The average molecular weight is 345 g/mol. The number of nitrogens with zero attached hydrogens (tertiary/aromatic N) is 6. The van der Waals surface area contributed by atoms with Crippen LogP contribution >= 0.6 is 11.6 Å². The van der Waals surface area contributed by atoms with Crippen molar-refractivity contribution in [2.45, 2.75) is 37.6 Å². The predicted octanol–water partition coefficient (Wildman–Crippen LogP) is 2.90. The van der Waals surface area contributed by atoms with Crippen LogP contribution in [-0.4, -0.2) is 46.1 Å². The standard InChI is InChI=1S/C17H21ClN6/c1-23(17-20-10-13(18)11-21-17)14-5-8-24(9-6-14)15-4-7-19-16(22-15)12-2-3-12/h4,7,10-12,14H,2-3,5-6,8-9H2,1H3. The summed E-state index contributed by atoms with van der Waals surface area (Å²) in [5.74, 6) is 3.41. The zero-order valence-corrected chi connectivity index (χ0v) is 14.5. The lowest BCUT2D eigenvalue weighted by molar-refractivity contribution is 0.475. The fourth-order valence-electron chi connectivity index (χ4n) is 3.21. The molecule has 7 heteroatoms. The molecule has 1 saturated heterocycles. The lowest BCUT2D eigenvalue weighted by Gasteiger charge is -2.37. The number of hydrogen-bond acceptors (Lipinski definition) is 6. The molecule has 6 nitrogen and oxygen atoms in total. The van der Waals surface area contributed by atoms with Gasteiger partial charge in [-0.15, -0.1) is 0 Å². The summed E-state index contributed by atoms with van der Waals surface area (Å²) in [5.41, 5.74) is 0. The van der Waals surface area contributed by atoms with Crippen LogP contribution in [0, 0.1) is 0 Å². The van der Waals surface area contributed by atoms with E-state index in [0.717, 1.165) is 43.5 Å². The summed E-state index contributed by atoms with van der Waals surface area (Å²) in [5, 5.41) is 0.567. The monoisotopic (exact) mass is 344 g/mol. The van der Waals surface area contributed by atoms with Crippen molar-refractivity contribution in [2.24, 2.45) is 0 Å². The quantitative estimate of drug-likeness (QED) is 0.850. The van der Waals surface area contributed by atoms with Crippen molar-refractivity contribution < 1.29 is 0 Å². The van der Waals surface area contributed by atoms with E-state index >= 15 is 0 Å². The maximum atomic E-state index is 5.87. The minimum Gasteiger partial charge on any atom is -0.356 e. The van der Waals surface area contributed by atoms with Gasteiger partial charge in [0.05, 0.1) is 17.4 Å². The summed E-state index contributed by atoms with van der Waals surface area (Å²) in [4.78, 5) is 22.3. The van der Waals surface area contributed by atoms with Gasteiger partial charge < -0.3 is 9.80 Å². The van der Waals surface area contributed by atoms with Crippen molar-refractivity contribution in [1.82, 2.24) is 19.9 Å². The molecule has 0 unspecified atom stereocenters. The summed E-state index contributed by atoms with van der Waals surface area (Å²) >= 11 is 5.87. The largest absolute Gasteiger partial charge is 0.356 e. The molecule has 0 amide bonds. The first-order valence-electron chi connectivity index (χ1n) is 8.49. The molecular weight excluding hydrogens is 324 g/mol. The van der Waals surface area contributed by atoms with Crippen LogP contribution in [0.5, 0.6) is 0 Å². The van der Waals surface area contributed by atoms with Crippen molar-refractivity contribution in [3.05, 3.63) is 35.5 Å². The number of aromatic nitrogens is 4. The Bertz CT molecular complexity index is 694. The third kappa shape index (κ3) is 3.29. The SMILES string of the molecule is CN(c1ncc(Cl)cn1)C1CCN(c2ccnc(C3CC3)n2)CC1. The molecular formula is C17H21ClN6. The molecule has 0 atom stereocenters. The number of rotatable bonds is 4. The van der Waals surface area contributed by atoms with E-state index in [1.165, 1.54) is 12.8 Å². The van der Waals surface area contributed by atoms with Gasteiger partial charge in [0.25, 0.3) is 0 Å². The molecule has 0 radical (unpaired) electrons. The van der Waals surface area contributed by atoms with Crippen LogP contribution in [0.15, 0.2) is 24.7 Å². The zero-order chi connectivity index (χ0) is 16.5. The van der Waals surface area contributed by atoms with Crippen LogP contribution in [0.3, 0.4) is 0 Å². The highest BCUT2D eigenvalue weighted by Gasteiger charge is 2.28. The van der Waals surface area contributed by atoms with Gasteiger partial charge in [-0.2, -0.15) is 0 Å². The Hall–Kier alpha value is -1.95. The van der Waals surface area contributed by atoms with Crippen LogP contribution in [0.1, 0.15) is 37.4 Å². The minimum atomic E-state index is 0.437. The zero-order valence-electron chi connectivity index (χ0n) is 13.8. The molecule has 1 aliphatic heterocycles. The number of anilines is 2. The highest BCUT2D eigenvalue weighted by atomic mass is 35.5. The predicted molar refractivity (Wildman–Crippen MR) is 94.7 cm³/mol. The topological polar surface area (TPSA) is 58.0 Å². The van der Waals surface area contributed by atoms with Gasteiger partial charge in [-0.1, -0.05) is 11.6 Å². The Balaban J connectivity index is 1.39. The summed E-state index contributed by atoms with van der Waals surface area (Å²) in [6, 6.07) is 2.46. The molecule has 2 aromatic heterocycles. The van der Waals surface area contributed by atoms with Crippen LogP contribution in [0.4, 0.5) is 11.8 Å². The van der Waals surface area contributed by atoms with Gasteiger partial charge in [-0.3, -0.25) is 0 Å². The second-order valence-corrected chi connectivity index (χ2v) is 7.01. The molecule has 24 heavy (non-hydrogen) atoms. The van der Waals surface area contributed by atoms with Gasteiger partial charge in [0, 0.05) is 38.3 Å². The second kappa shape index (κ2) is 6.51. The van der Waals surface area contributed by atoms with E-state index in [-0.39, 0.29) is 0 Å². The molecule has 0 N–H and O–H groups in total. The minimum absolute atomic E-state index is 0.437. The Morgan fingerprint density at radius 3 is 2.46 bits per heavy atom. The highest BCUT2D eigenvalue weighted by molar-refractivity contribution is 6.30. The van der Waals surface area contributed by atoms with Gasteiger partial charge in [-0.05, 0) is 31.7 Å². The van der Waals surface area contributed by atoms with Crippen LogP contribution in [0.25, 0.3) is 0 Å². The van der Waals surface area contributed by atoms with E-state index in [2.05, 4.69) is 31.8 Å². The summed E-state index contributed by atoms with van der Waals surface area (Å²) in [6.45, 7) is 1.98. The van der Waals surface area contributed by atoms with Crippen LogP contribution < -0.4 is 9.80 Å². The maximum absolute atomic E-state index is 5.87. The highest BCUT2D eigenvalue weighted by Crippen LogP contribution is 2.38. The molecule has 0 spiro atoms. The number of halogens is 1. The van der Waals surface area contributed by atoms with E-state index in [0.29, 0.717) is 17.0 Å². The van der Waals surface area contributed by atoms with Gasteiger partial charge in [0.1, 0.15) is 11.6 Å².